The molecule has 2 aromatic carbocycles. The van der Waals surface area contributed by atoms with E-state index in [0.29, 0.717) is 23.2 Å². The van der Waals surface area contributed by atoms with Crippen LogP contribution in [-0.2, 0) is 21.2 Å². The lowest BCUT2D eigenvalue weighted by atomic mass is 10.0. The second-order valence-corrected chi connectivity index (χ2v) is 9.87. The number of hydrogen-bond donors (Lipinski definition) is 1. The lowest BCUT2D eigenvalue weighted by molar-refractivity contribution is -0.119. The summed E-state index contributed by atoms with van der Waals surface area (Å²) in [5.74, 6) is 0.159. The van der Waals surface area contributed by atoms with E-state index in [0.717, 1.165) is 29.0 Å². The minimum atomic E-state index is -3.61. The van der Waals surface area contributed by atoms with E-state index in [1.807, 2.05) is 6.92 Å². The van der Waals surface area contributed by atoms with Crippen LogP contribution in [0, 0.1) is 6.92 Å². The molecule has 0 fully saturated rings. The van der Waals surface area contributed by atoms with Crippen molar-refractivity contribution in [2.24, 2.45) is 0 Å². The zero-order chi connectivity index (χ0) is 21.6. The molecule has 0 aliphatic carbocycles. The average Bonchev–Trinajstić information content (AvgIpc) is 2.65. The Kier molecular flexibility index (Phi) is 8.11. The van der Waals surface area contributed by atoms with Gasteiger partial charge in [-0.15, -0.1) is 0 Å². The predicted molar refractivity (Wildman–Crippen MR) is 120 cm³/mol. The Bertz CT molecular complexity index is 941. The fourth-order valence-electron chi connectivity index (χ4n) is 2.91. The number of carbonyl (C=O) groups is 1. The van der Waals surface area contributed by atoms with E-state index in [1.54, 1.807) is 18.2 Å². The third kappa shape index (κ3) is 7.05. The molecule has 0 aliphatic heterocycles. The first kappa shape index (κ1) is 23.2. The smallest absolute Gasteiger partial charge is 0.240 e. The van der Waals surface area contributed by atoms with Crippen molar-refractivity contribution in [3.05, 3.63) is 64.2 Å². The summed E-state index contributed by atoms with van der Waals surface area (Å²) in [5, 5.41) is 3.26. The number of nitrogens with one attached hydrogen (secondary N) is 1. The van der Waals surface area contributed by atoms with Crippen LogP contribution in [0.25, 0.3) is 0 Å². The quantitative estimate of drug-likeness (QED) is 0.596. The van der Waals surface area contributed by atoms with Crippen LogP contribution in [0.4, 0.5) is 5.69 Å². The average molecular weight is 437 g/mol. The Hall–Kier alpha value is -2.05. The monoisotopic (exact) mass is 436 g/mol. The van der Waals surface area contributed by atoms with Gasteiger partial charge in [-0.3, -0.25) is 9.10 Å². The lowest BCUT2D eigenvalue weighted by Gasteiger charge is -2.22. The molecule has 0 aromatic heterocycles. The highest BCUT2D eigenvalue weighted by Crippen LogP contribution is 2.24. The molecular weight excluding hydrogens is 408 g/mol. The summed E-state index contributed by atoms with van der Waals surface area (Å²) in [7, 11) is -3.61. The molecule has 0 heterocycles. The maximum atomic E-state index is 12.3. The van der Waals surface area contributed by atoms with Crippen molar-refractivity contribution in [3.8, 4) is 0 Å². The van der Waals surface area contributed by atoms with E-state index in [1.165, 1.54) is 11.1 Å². The zero-order valence-electron chi connectivity index (χ0n) is 17.4. The number of benzene rings is 2. The van der Waals surface area contributed by atoms with E-state index in [9.17, 15) is 13.2 Å². The van der Waals surface area contributed by atoms with Gasteiger partial charge in [-0.2, -0.15) is 0 Å². The lowest BCUT2D eigenvalue weighted by Crippen LogP contribution is -2.40. The molecule has 2 aromatic rings. The Morgan fingerprint density at radius 2 is 1.79 bits per heavy atom. The van der Waals surface area contributed by atoms with Gasteiger partial charge in [0, 0.05) is 11.6 Å². The van der Waals surface area contributed by atoms with Gasteiger partial charge in [0.1, 0.15) is 6.54 Å². The highest BCUT2D eigenvalue weighted by Gasteiger charge is 2.21. The van der Waals surface area contributed by atoms with Gasteiger partial charge in [0.05, 0.1) is 11.9 Å². The van der Waals surface area contributed by atoms with Gasteiger partial charge in [0.2, 0.25) is 15.9 Å². The van der Waals surface area contributed by atoms with Crippen molar-refractivity contribution >= 4 is 33.2 Å². The molecule has 1 N–H and O–H groups in total. The number of nitrogens with zero attached hydrogens (tertiary/aromatic N) is 1. The van der Waals surface area contributed by atoms with Gasteiger partial charge in [-0.1, -0.05) is 55.8 Å². The van der Waals surface area contributed by atoms with Crippen molar-refractivity contribution in [1.82, 2.24) is 5.32 Å². The fourth-order valence-corrected chi connectivity index (χ4v) is 3.94. The number of aryl methyl sites for hydroxylation is 2. The van der Waals surface area contributed by atoms with Gasteiger partial charge in [0.15, 0.2) is 0 Å². The highest BCUT2D eigenvalue weighted by atomic mass is 35.5. The van der Waals surface area contributed by atoms with Crippen molar-refractivity contribution in [2.45, 2.75) is 39.5 Å². The number of halogens is 1. The first-order valence-electron chi connectivity index (χ1n) is 9.67. The summed E-state index contributed by atoms with van der Waals surface area (Å²) < 4.78 is 25.4. The molecule has 0 saturated heterocycles. The summed E-state index contributed by atoms with van der Waals surface area (Å²) in [6, 6.07) is 13.4. The van der Waals surface area contributed by atoms with E-state index in [-0.39, 0.29) is 12.5 Å². The Morgan fingerprint density at radius 3 is 2.34 bits per heavy atom. The van der Waals surface area contributed by atoms with Crippen LogP contribution in [-0.4, -0.2) is 33.7 Å². The second kappa shape index (κ2) is 10.1. The van der Waals surface area contributed by atoms with Gasteiger partial charge >= 0.3 is 0 Å². The van der Waals surface area contributed by atoms with Crippen LogP contribution in [0.2, 0.25) is 5.02 Å². The van der Waals surface area contributed by atoms with Crippen molar-refractivity contribution < 1.29 is 13.2 Å². The Morgan fingerprint density at radius 1 is 1.14 bits per heavy atom. The number of carbonyl (C=O) groups excluding carboxylic acids is 1. The van der Waals surface area contributed by atoms with Crippen LogP contribution in [0.15, 0.2) is 42.5 Å². The third-order valence-electron chi connectivity index (χ3n) is 4.74. The Labute approximate surface area is 179 Å². The van der Waals surface area contributed by atoms with Gasteiger partial charge in [-0.25, -0.2) is 8.42 Å². The molecule has 0 aliphatic rings. The molecule has 29 heavy (non-hydrogen) atoms. The Balaban J connectivity index is 1.89. The normalized spacial score (nSPS) is 11.5. The third-order valence-corrected chi connectivity index (χ3v) is 6.29. The molecule has 0 radical (unpaired) electrons. The molecule has 0 atom stereocenters. The number of amides is 1. The molecule has 7 heteroatoms. The summed E-state index contributed by atoms with van der Waals surface area (Å²) in [5.41, 5.74) is 3.74. The fraction of sp³-hybridized carbons (Fsp3) is 0.409. The molecule has 0 bridgehead atoms. The molecule has 0 saturated carbocycles. The van der Waals surface area contributed by atoms with E-state index in [2.05, 4.69) is 43.4 Å². The number of anilines is 1. The number of rotatable bonds is 9. The zero-order valence-corrected chi connectivity index (χ0v) is 19.0. The second-order valence-electron chi connectivity index (χ2n) is 7.55. The molecule has 0 spiro atoms. The van der Waals surface area contributed by atoms with Gasteiger partial charge in [0.25, 0.3) is 0 Å². The molecular formula is C22H29ClN2O3S. The first-order valence-corrected chi connectivity index (χ1v) is 11.9. The minimum absolute atomic E-state index is 0.276. The summed E-state index contributed by atoms with van der Waals surface area (Å²) in [6.07, 6.45) is 2.71. The van der Waals surface area contributed by atoms with Gasteiger partial charge < -0.3 is 5.32 Å². The van der Waals surface area contributed by atoms with Crippen molar-refractivity contribution in [2.75, 3.05) is 23.7 Å². The molecule has 1 amide bonds. The van der Waals surface area contributed by atoms with E-state index in [4.69, 9.17) is 11.6 Å². The molecule has 0 unspecified atom stereocenters. The van der Waals surface area contributed by atoms with Crippen LogP contribution in [0.3, 0.4) is 0 Å². The first-order chi connectivity index (χ1) is 13.6. The minimum Gasteiger partial charge on any atom is -0.355 e. The van der Waals surface area contributed by atoms with Crippen LogP contribution in [0.5, 0.6) is 0 Å². The van der Waals surface area contributed by atoms with Gasteiger partial charge in [-0.05, 0) is 54.5 Å². The number of sulfonamides is 1. The maximum absolute atomic E-state index is 12.3. The molecule has 158 valence electrons. The molecule has 5 nitrogen and oxygen atoms in total. The SMILES string of the molecule is Cc1ccc(N(CC(=O)NCCCc2ccc(C(C)C)cc2)S(C)(=O)=O)cc1Cl. The van der Waals surface area contributed by atoms with Crippen LogP contribution < -0.4 is 9.62 Å². The largest absolute Gasteiger partial charge is 0.355 e. The van der Waals surface area contributed by atoms with E-state index < -0.39 is 10.0 Å². The summed E-state index contributed by atoms with van der Waals surface area (Å²) in [4.78, 5) is 12.3. The maximum Gasteiger partial charge on any atom is 0.240 e. The summed E-state index contributed by atoms with van der Waals surface area (Å²) >= 11 is 6.11. The van der Waals surface area contributed by atoms with Crippen LogP contribution in [0.1, 0.15) is 42.9 Å². The van der Waals surface area contributed by atoms with Crippen LogP contribution >= 0.6 is 11.6 Å². The van der Waals surface area contributed by atoms with E-state index >= 15 is 0 Å². The highest BCUT2D eigenvalue weighted by molar-refractivity contribution is 7.92. The van der Waals surface area contributed by atoms with Crippen molar-refractivity contribution in [3.63, 3.8) is 0 Å². The predicted octanol–water partition coefficient (Wildman–Crippen LogP) is 4.29. The summed E-state index contributed by atoms with van der Waals surface area (Å²) in [6.45, 7) is 6.36. The standard InChI is InChI=1S/C22H29ClN2O3S/c1-16(2)19-10-8-18(9-11-19)6-5-13-24-22(26)15-25(29(4,27)28)20-12-7-17(3)21(23)14-20/h7-12,14,16H,5-6,13,15H2,1-4H3,(H,24,26). The molecule has 2 rings (SSSR count). The topological polar surface area (TPSA) is 66.5 Å². The number of hydrogen-bond acceptors (Lipinski definition) is 3. The van der Waals surface area contributed by atoms with Crippen molar-refractivity contribution in [1.29, 1.82) is 0 Å².